The molecule has 1 amide bonds. The van der Waals surface area contributed by atoms with Crippen LogP contribution in [0.2, 0.25) is 0 Å². The lowest BCUT2D eigenvalue weighted by molar-refractivity contribution is -0.119. The number of ether oxygens (including phenoxy) is 1. The zero-order chi connectivity index (χ0) is 18.4. The molecule has 2 saturated heterocycles. The van der Waals surface area contributed by atoms with E-state index in [1.54, 1.807) is 0 Å². The first-order valence-electron chi connectivity index (χ1n) is 9.58. The second-order valence-electron chi connectivity index (χ2n) is 7.30. The number of nitrogens with two attached hydrogens (primary N) is 1. The lowest BCUT2D eigenvalue weighted by Crippen LogP contribution is -2.48. The predicted octanol–water partition coefficient (Wildman–Crippen LogP) is 1.93. The van der Waals surface area contributed by atoms with E-state index in [-0.39, 0.29) is 12.0 Å². The number of benzene rings is 1. The molecule has 0 aliphatic carbocycles. The SMILES string of the molecule is CN=C(NCC1CCOC1c1ccccc1)N1CCCC(CC(N)=O)C1. The number of nitrogens with one attached hydrogen (secondary N) is 1. The normalized spacial score (nSPS) is 26.7. The molecule has 26 heavy (non-hydrogen) atoms. The molecule has 6 heteroatoms. The lowest BCUT2D eigenvalue weighted by Gasteiger charge is -2.35. The third-order valence-corrected chi connectivity index (χ3v) is 5.38. The van der Waals surface area contributed by atoms with Crippen molar-refractivity contribution in [3.05, 3.63) is 35.9 Å². The molecule has 2 heterocycles. The molecule has 3 rings (SSSR count). The first-order valence-corrected chi connectivity index (χ1v) is 9.58. The Morgan fingerprint density at radius 1 is 1.35 bits per heavy atom. The molecule has 3 atom stereocenters. The number of amides is 1. The summed E-state index contributed by atoms with van der Waals surface area (Å²) in [4.78, 5) is 17.9. The van der Waals surface area contributed by atoms with E-state index >= 15 is 0 Å². The molecular formula is C20H30N4O2. The minimum absolute atomic E-state index is 0.144. The monoisotopic (exact) mass is 358 g/mol. The topological polar surface area (TPSA) is 80.0 Å². The van der Waals surface area contributed by atoms with Crippen LogP contribution in [0.4, 0.5) is 0 Å². The van der Waals surface area contributed by atoms with Gasteiger partial charge in [0.1, 0.15) is 0 Å². The highest BCUT2D eigenvalue weighted by molar-refractivity contribution is 5.80. The first kappa shape index (κ1) is 18.7. The Hall–Kier alpha value is -2.08. The summed E-state index contributed by atoms with van der Waals surface area (Å²) < 4.78 is 5.98. The van der Waals surface area contributed by atoms with Crippen molar-refractivity contribution < 1.29 is 9.53 Å². The minimum atomic E-state index is -0.214. The van der Waals surface area contributed by atoms with Crippen LogP contribution in [0.3, 0.4) is 0 Å². The number of aliphatic imine (C=N–C) groups is 1. The fourth-order valence-electron chi connectivity index (χ4n) is 4.12. The lowest BCUT2D eigenvalue weighted by atomic mass is 9.94. The Morgan fingerprint density at radius 3 is 2.88 bits per heavy atom. The van der Waals surface area contributed by atoms with Crippen LogP contribution in [0.25, 0.3) is 0 Å². The number of likely N-dealkylation sites (tertiary alicyclic amines) is 1. The van der Waals surface area contributed by atoms with Crippen LogP contribution in [0.5, 0.6) is 0 Å². The van der Waals surface area contributed by atoms with E-state index in [1.807, 2.05) is 13.1 Å². The molecule has 0 bridgehead atoms. The Bertz CT molecular complexity index is 619. The van der Waals surface area contributed by atoms with Crippen molar-refractivity contribution in [3.8, 4) is 0 Å². The zero-order valence-electron chi connectivity index (χ0n) is 15.6. The average molecular weight is 358 g/mol. The summed E-state index contributed by atoms with van der Waals surface area (Å²) in [6.45, 7) is 3.45. The van der Waals surface area contributed by atoms with Gasteiger partial charge in [0.25, 0.3) is 0 Å². The van der Waals surface area contributed by atoms with E-state index in [0.717, 1.165) is 51.5 Å². The number of carbonyl (C=O) groups is 1. The van der Waals surface area contributed by atoms with Gasteiger partial charge in [-0.25, -0.2) is 0 Å². The van der Waals surface area contributed by atoms with E-state index in [1.165, 1.54) is 5.56 Å². The minimum Gasteiger partial charge on any atom is -0.373 e. The molecule has 1 aromatic carbocycles. The fraction of sp³-hybridized carbons (Fsp3) is 0.600. The van der Waals surface area contributed by atoms with Gasteiger partial charge in [0.15, 0.2) is 5.96 Å². The molecule has 2 aliphatic heterocycles. The van der Waals surface area contributed by atoms with Crippen LogP contribution < -0.4 is 11.1 Å². The quantitative estimate of drug-likeness (QED) is 0.623. The van der Waals surface area contributed by atoms with E-state index in [2.05, 4.69) is 39.5 Å². The number of piperidine rings is 1. The number of hydrogen-bond donors (Lipinski definition) is 2. The largest absolute Gasteiger partial charge is 0.373 e. The van der Waals surface area contributed by atoms with Gasteiger partial charge in [0, 0.05) is 45.6 Å². The van der Waals surface area contributed by atoms with Gasteiger partial charge in [-0.1, -0.05) is 30.3 Å². The maximum atomic E-state index is 11.2. The Kier molecular flexibility index (Phi) is 6.50. The van der Waals surface area contributed by atoms with Gasteiger partial charge in [-0.05, 0) is 30.7 Å². The molecule has 0 radical (unpaired) electrons. The van der Waals surface area contributed by atoms with Gasteiger partial charge in [-0.2, -0.15) is 0 Å². The van der Waals surface area contributed by atoms with Crippen molar-refractivity contribution in [2.75, 3.05) is 33.3 Å². The maximum Gasteiger partial charge on any atom is 0.217 e. The molecule has 142 valence electrons. The fourth-order valence-corrected chi connectivity index (χ4v) is 4.12. The van der Waals surface area contributed by atoms with E-state index < -0.39 is 0 Å². The summed E-state index contributed by atoms with van der Waals surface area (Å²) >= 11 is 0. The maximum absolute atomic E-state index is 11.2. The number of primary amides is 1. The standard InChI is InChI=1S/C20H30N4O2/c1-22-20(24-10-5-6-15(14-24)12-18(21)25)23-13-17-9-11-26-19(17)16-7-3-2-4-8-16/h2-4,7-8,15,17,19H,5-6,9-14H2,1H3,(H2,21,25)(H,22,23). The number of rotatable bonds is 5. The van der Waals surface area contributed by atoms with E-state index in [0.29, 0.717) is 18.3 Å². The summed E-state index contributed by atoms with van der Waals surface area (Å²) in [7, 11) is 1.82. The summed E-state index contributed by atoms with van der Waals surface area (Å²) in [5.41, 5.74) is 6.61. The average Bonchev–Trinajstić information content (AvgIpc) is 3.11. The predicted molar refractivity (Wildman–Crippen MR) is 103 cm³/mol. The van der Waals surface area contributed by atoms with Gasteiger partial charge in [-0.3, -0.25) is 9.79 Å². The van der Waals surface area contributed by atoms with Crippen LogP contribution in [0.15, 0.2) is 35.3 Å². The highest BCUT2D eigenvalue weighted by Gasteiger charge is 2.30. The molecule has 0 aromatic heterocycles. The number of hydrogen-bond acceptors (Lipinski definition) is 3. The molecule has 2 aliphatic rings. The van der Waals surface area contributed by atoms with Crippen LogP contribution >= 0.6 is 0 Å². The molecule has 3 N–H and O–H groups in total. The number of guanidine groups is 1. The van der Waals surface area contributed by atoms with Crippen molar-refractivity contribution in [1.82, 2.24) is 10.2 Å². The molecule has 3 unspecified atom stereocenters. The summed E-state index contributed by atoms with van der Waals surface area (Å²) in [5.74, 6) is 1.46. The van der Waals surface area contributed by atoms with Gasteiger partial charge in [0.2, 0.25) is 5.91 Å². The molecule has 1 aromatic rings. The van der Waals surface area contributed by atoms with Gasteiger partial charge in [0.05, 0.1) is 6.10 Å². The van der Waals surface area contributed by atoms with E-state index in [4.69, 9.17) is 10.5 Å². The highest BCUT2D eigenvalue weighted by Crippen LogP contribution is 2.34. The first-order chi connectivity index (χ1) is 12.7. The van der Waals surface area contributed by atoms with Crippen molar-refractivity contribution in [1.29, 1.82) is 0 Å². The van der Waals surface area contributed by atoms with Crippen molar-refractivity contribution in [3.63, 3.8) is 0 Å². The molecule has 2 fully saturated rings. The Morgan fingerprint density at radius 2 is 2.15 bits per heavy atom. The van der Waals surface area contributed by atoms with Crippen LogP contribution in [-0.4, -0.2) is 50.1 Å². The van der Waals surface area contributed by atoms with Crippen LogP contribution in [-0.2, 0) is 9.53 Å². The second-order valence-corrected chi connectivity index (χ2v) is 7.30. The smallest absolute Gasteiger partial charge is 0.217 e. The molecule has 6 nitrogen and oxygen atoms in total. The van der Waals surface area contributed by atoms with Crippen molar-refractivity contribution in [2.24, 2.45) is 22.6 Å². The van der Waals surface area contributed by atoms with Crippen LogP contribution in [0.1, 0.15) is 37.4 Å². The molecular weight excluding hydrogens is 328 g/mol. The summed E-state index contributed by atoms with van der Waals surface area (Å²) in [6.07, 6.45) is 3.78. The summed E-state index contributed by atoms with van der Waals surface area (Å²) in [6, 6.07) is 10.4. The molecule has 0 saturated carbocycles. The number of carbonyl (C=O) groups excluding carboxylic acids is 1. The third kappa shape index (κ3) is 4.75. The van der Waals surface area contributed by atoms with Gasteiger partial charge in [-0.15, -0.1) is 0 Å². The van der Waals surface area contributed by atoms with Crippen molar-refractivity contribution >= 4 is 11.9 Å². The highest BCUT2D eigenvalue weighted by atomic mass is 16.5. The van der Waals surface area contributed by atoms with E-state index in [9.17, 15) is 4.79 Å². The summed E-state index contributed by atoms with van der Waals surface area (Å²) in [5, 5.41) is 3.53. The Labute approximate surface area is 155 Å². The van der Waals surface area contributed by atoms with Gasteiger partial charge >= 0.3 is 0 Å². The number of nitrogens with zero attached hydrogens (tertiary/aromatic N) is 2. The zero-order valence-corrected chi connectivity index (χ0v) is 15.6. The third-order valence-electron chi connectivity index (χ3n) is 5.38. The Balaban J connectivity index is 1.56. The van der Waals surface area contributed by atoms with Crippen LogP contribution in [0, 0.1) is 11.8 Å². The van der Waals surface area contributed by atoms with Gasteiger partial charge < -0.3 is 20.7 Å². The molecule has 0 spiro atoms. The second kappa shape index (κ2) is 9.03. The van der Waals surface area contributed by atoms with Crippen molar-refractivity contribution in [2.45, 2.75) is 31.8 Å².